The molecule has 10 nitrogen and oxygen atoms in total. The molecule has 0 unspecified atom stereocenters. The topological polar surface area (TPSA) is 127 Å². The van der Waals surface area contributed by atoms with E-state index < -0.39 is 14.9 Å². The Hall–Kier alpha value is -2.79. The van der Waals surface area contributed by atoms with Gasteiger partial charge >= 0.3 is 0 Å². The van der Waals surface area contributed by atoms with Gasteiger partial charge in [0.2, 0.25) is 10.0 Å². The minimum absolute atomic E-state index is 0.0974. The summed E-state index contributed by atoms with van der Waals surface area (Å²) in [6, 6.07) is 4.93. The fourth-order valence-corrected chi connectivity index (χ4v) is 4.45. The van der Waals surface area contributed by atoms with Crippen LogP contribution in [0.1, 0.15) is 21.8 Å². The van der Waals surface area contributed by atoms with Crippen LogP contribution in [0.2, 0.25) is 0 Å². The van der Waals surface area contributed by atoms with E-state index in [-0.39, 0.29) is 42.7 Å². The third kappa shape index (κ3) is 3.55. The number of rotatable bonds is 4. The lowest BCUT2D eigenvalue weighted by Gasteiger charge is -2.33. The van der Waals surface area contributed by atoms with Crippen molar-refractivity contribution in [3.8, 4) is 0 Å². The Balaban J connectivity index is 1.74. The Labute approximate surface area is 155 Å². The second kappa shape index (κ2) is 7.08. The van der Waals surface area contributed by atoms with Crippen LogP contribution in [0.4, 0.5) is 5.69 Å². The number of aryl methyl sites for hydroxylation is 2. The van der Waals surface area contributed by atoms with Crippen LogP contribution in [0.5, 0.6) is 0 Å². The lowest BCUT2D eigenvalue weighted by atomic mass is 10.1. The van der Waals surface area contributed by atoms with Crippen LogP contribution in [-0.4, -0.2) is 59.8 Å². The first-order valence-electron chi connectivity index (χ1n) is 8.18. The molecule has 0 saturated carbocycles. The van der Waals surface area contributed by atoms with Crippen LogP contribution in [-0.2, 0) is 10.0 Å². The van der Waals surface area contributed by atoms with Gasteiger partial charge in [0.15, 0.2) is 0 Å². The monoisotopic (exact) mass is 394 g/mol. The number of hydrogen-bond acceptors (Lipinski definition) is 7. The van der Waals surface area contributed by atoms with Gasteiger partial charge in [0.1, 0.15) is 11.3 Å². The second-order valence-corrected chi connectivity index (χ2v) is 8.09. The molecule has 1 amide bonds. The zero-order valence-corrected chi connectivity index (χ0v) is 15.6. The number of nitro groups is 1. The van der Waals surface area contributed by atoms with E-state index in [0.29, 0.717) is 17.0 Å². The van der Waals surface area contributed by atoms with E-state index in [1.54, 1.807) is 18.7 Å². The lowest BCUT2D eigenvalue weighted by Crippen LogP contribution is -2.50. The normalized spacial score (nSPS) is 15.7. The number of hydrogen-bond donors (Lipinski definition) is 0. The maximum absolute atomic E-state index is 12.8. The molecule has 3 rings (SSSR count). The van der Waals surface area contributed by atoms with Crippen LogP contribution in [0.15, 0.2) is 33.7 Å². The molecule has 1 aromatic heterocycles. The lowest BCUT2D eigenvalue weighted by molar-refractivity contribution is -0.385. The Bertz CT molecular complexity index is 973. The summed E-state index contributed by atoms with van der Waals surface area (Å²) in [5.41, 5.74) is 0.595. The molecular formula is C16H18N4O6S. The molecular weight excluding hydrogens is 376 g/mol. The van der Waals surface area contributed by atoms with E-state index in [2.05, 4.69) is 5.16 Å². The highest BCUT2D eigenvalue weighted by Gasteiger charge is 2.32. The number of nitro benzene ring substituents is 1. The van der Waals surface area contributed by atoms with Crippen molar-refractivity contribution in [3.63, 3.8) is 0 Å². The Kier molecular flexibility index (Phi) is 4.98. The van der Waals surface area contributed by atoms with Gasteiger partial charge in [0.05, 0.1) is 15.5 Å². The first-order valence-corrected chi connectivity index (χ1v) is 9.62. The average Bonchev–Trinajstić information content (AvgIpc) is 2.99. The zero-order valence-electron chi connectivity index (χ0n) is 14.8. The van der Waals surface area contributed by atoms with Gasteiger partial charge in [-0.15, -0.1) is 0 Å². The van der Waals surface area contributed by atoms with Gasteiger partial charge in [0.25, 0.3) is 11.6 Å². The van der Waals surface area contributed by atoms with E-state index in [1.807, 2.05) is 0 Å². The van der Waals surface area contributed by atoms with Gasteiger partial charge in [-0.3, -0.25) is 14.9 Å². The summed E-state index contributed by atoms with van der Waals surface area (Å²) in [6.07, 6.45) is 0. The van der Waals surface area contributed by atoms with Crippen molar-refractivity contribution in [1.82, 2.24) is 14.4 Å². The fourth-order valence-electron chi connectivity index (χ4n) is 2.98. The number of piperazine rings is 1. The highest BCUT2D eigenvalue weighted by Crippen LogP contribution is 2.23. The number of carbonyl (C=O) groups excluding carboxylic acids is 1. The molecule has 1 saturated heterocycles. The van der Waals surface area contributed by atoms with E-state index in [1.165, 1.54) is 22.5 Å². The molecule has 0 N–H and O–H groups in total. The summed E-state index contributed by atoms with van der Waals surface area (Å²) in [4.78, 5) is 24.3. The zero-order chi connectivity index (χ0) is 19.8. The molecule has 0 radical (unpaired) electrons. The highest BCUT2D eigenvalue weighted by atomic mass is 32.2. The SMILES string of the molecule is Cc1noc(C)c1C(=O)N1CCN(S(=O)(=O)c2cccc([N+](=O)[O-])c2)CC1. The smallest absolute Gasteiger partial charge is 0.270 e. The first kappa shape index (κ1) is 19.0. The second-order valence-electron chi connectivity index (χ2n) is 6.15. The predicted octanol–water partition coefficient (Wildman–Crippen LogP) is 1.35. The molecule has 2 aromatic rings. The summed E-state index contributed by atoms with van der Waals surface area (Å²) in [5, 5.41) is 14.6. The third-order valence-electron chi connectivity index (χ3n) is 4.44. The highest BCUT2D eigenvalue weighted by molar-refractivity contribution is 7.89. The summed E-state index contributed by atoms with van der Waals surface area (Å²) >= 11 is 0. The molecule has 0 bridgehead atoms. The van der Waals surface area contributed by atoms with E-state index in [0.717, 1.165) is 6.07 Å². The summed E-state index contributed by atoms with van der Waals surface area (Å²) < 4.78 is 31.7. The van der Waals surface area contributed by atoms with Crippen molar-refractivity contribution >= 4 is 21.6 Å². The van der Waals surface area contributed by atoms with Crippen molar-refractivity contribution in [2.24, 2.45) is 0 Å². The number of sulfonamides is 1. The summed E-state index contributed by atoms with van der Waals surface area (Å²) in [6.45, 7) is 3.93. The van der Waals surface area contributed by atoms with E-state index >= 15 is 0 Å². The number of benzene rings is 1. The van der Waals surface area contributed by atoms with Crippen molar-refractivity contribution in [1.29, 1.82) is 0 Å². The van der Waals surface area contributed by atoms with Crippen LogP contribution in [0.3, 0.4) is 0 Å². The summed E-state index contributed by atoms with van der Waals surface area (Å²) in [5.74, 6) is 0.169. The number of carbonyl (C=O) groups is 1. The molecule has 1 aromatic carbocycles. The first-order chi connectivity index (χ1) is 12.7. The van der Waals surface area contributed by atoms with Crippen molar-refractivity contribution in [2.75, 3.05) is 26.2 Å². The average molecular weight is 394 g/mol. The van der Waals surface area contributed by atoms with Gasteiger partial charge in [-0.2, -0.15) is 4.31 Å². The van der Waals surface area contributed by atoms with Crippen molar-refractivity contribution in [2.45, 2.75) is 18.7 Å². The third-order valence-corrected chi connectivity index (χ3v) is 6.33. The number of amides is 1. The van der Waals surface area contributed by atoms with Crippen LogP contribution >= 0.6 is 0 Å². The van der Waals surface area contributed by atoms with Gasteiger partial charge < -0.3 is 9.42 Å². The van der Waals surface area contributed by atoms with E-state index in [9.17, 15) is 23.3 Å². The molecule has 144 valence electrons. The van der Waals surface area contributed by atoms with Gasteiger partial charge in [0, 0.05) is 38.3 Å². The van der Waals surface area contributed by atoms with Crippen molar-refractivity contribution < 1.29 is 22.7 Å². The largest absolute Gasteiger partial charge is 0.361 e. The number of aromatic nitrogens is 1. The van der Waals surface area contributed by atoms with Crippen LogP contribution in [0.25, 0.3) is 0 Å². The number of nitrogens with zero attached hydrogens (tertiary/aromatic N) is 4. The minimum atomic E-state index is -3.88. The Morgan fingerprint density at radius 3 is 2.44 bits per heavy atom. The molecule has 27 heavy (non-hydrogen) atoms. The predicted molar refractivity (Wildman–Crippen MR) is 93.7 cm³/mol. The quantitative estimate of drug-likeness (QED) is 0.565. The molecule has 2 heterocycles. The maximum atomic E-state index is 12.8. The van der Waals surface area contributed by atoms with Crippen LogP contribution in [0, 0.1) is 24.0 Å². The molecule has 1 fully saturated rings. The molecule has 0 atom stereocenters. The molecule has 1 aliphatic heterocycles. The Morgan fingerprint density at radius 2 is 1.89 bits per heavy atom. The van der Waals surface area contributed by atoms with Gasteiger partial charge in [-0.05, 0) is 19.9 Å². The molecule has 11 heteroatoms. The van der Waals surface area contributed by atoms with Gasteiger partial charge in [-0.25, -0.2) is 8.42 Å². The van der Waals surface area contributed by atoms with Crippen molar-refractivity contribution in [3.05, 3.63) is 51.4 Å². The minimum Gasteiger partial charge on any atom is -0.361 e. The molecule has 1 aliphatic rings. The number of non-ortho nitro benzene ring substituents is 1. The van der Waals surface area contributed by atoms with E-state index in [4.69, 9.17) is 4.52 Å². The summed E-state index contributed by atoms with van der Waals surface area (Å²) in [7, 11) is -3.88. The Morgan fingerprint density at radius 1 is 1.22 bits per heavy atom. The standard InChI is InChI=1S/C16H18N4O6S/c1-11-15(12(2)26-17-11)16(21)18-6-8-19(9-7-18)27(24,25)14-5-3-4-13(10-14)20(22)23/h3-5,10H,6-9H2,1-2H3. The molecule has 0 aliphatic carbocycles. The van der Waals surface area contributed by atoms with Crippen LogP contribution < -0.4 is 0 Å². The maximum Gasteiger partial charge on any atom is 0.270 e. The fraction of sp³-hybridized carbons (Fsp3) is 0.375. The van der Waals surface area contributed by atoms with Gasteiger partial charge in [-0.1, -0.05) is 11.2 Å². The molecule has 0 spiro atoms.